The molecule has 2 heterocycles. The highest BCUT2D eigenvalue weighted by atomic mass is 32.1. The zero-order valence-corrected chi connectivity index (χ0v) is 20.0. The molecular weight excluding hydrogens is 434 g/mol. The van der Waals surface area contributed by atoms with Gasteiger partial charge in [-0.3, -0.25) is 4.79 Å². The second-order valence-corrected chi connectivity index (χ2v) is 9.40. The molecule has 6 heteroatoms. The summed E-state index contributed by atoms with van der Waals surface area (Å²) in [6.45, 7) is 2.38. The van der Waals surface area contributed by atoms with Crippen molar-refractivity contribution in [3.8, 4) is 11.8 Å². The van der Waals surface area contributed by atoms with Crippen LogP contribution in [-0.2, 0) is 16.0 Å². The summed E-state index contributed by atoms with van der Waals surface area (Å²) in [7, 11) is 1.35. The van der Waals surface area contributed by atoms with E-state index in [-0.39, 0.29) is 23.8 Å². The third-order valence-electron chi connectivity index (χ3n) is 5.91. The van der Waals surface area contributed by atoms with Crippen molar-refractivity contribution >= 4 is 23.2 Å². The maximum Gasteiger partial charge on any atom is 0.348 e. The van der Waals surface area contributed by atoms with Crippen LogP contribution in [0.15, 0.2) is 54.6 Å². The van der Waals surface area contributed by atoms with Crippen LogP contribution in [0.4, 0.5) is 0 Å². The van der Waals surface area contributed by atoms with E-state index >= 15 is 0 Å². The molecule has 174 valence electrons. The van der Waals surface area contributed by atoms with E-state index < -0.39 is 6.10 Å². The molecule has 1 fully saturated rings. The van der Waals surface area contributed by atoms with Crippen molar-refractivity contribution in [3.05, 3.63) is 69.9 Å². The second-order valence-electron chi connectivity index (χ2n) is 8.32. The van der Waals surface area contributed by atoms with Crippen LogP contribution in [0.2, 0.25) is 0 Å². The monoisotopic (exact) mass is 465 g/mol. The number of amides is 1. The minimum Gasteiger partial charge on any atom is -0.465 e. The van der Waals surface area contributed by atoms with Gasteiger partial charge in [0.1, 0.15) is 4.88 Å². The van der Waals surface area contributed by atoms with Crippen LogP contribution in [0.25, 0.3) is 0 Å². The molecule has 1 N–H and O–H groups in total. The van der Waals surface area contributed by atoms with E-state index in [2.05, 4.69) is 43.0 Å². The van der Waals surface area contributed by atoms with E-state index in [0.717, 1.165) is 30.6 Å². The lowest BCUT2D eigenvalue weighted by Crippen LogP contribution is -2.32. The van der Waals surface area contributed by atoms with Crippen molar-refractivity contribution in [2.45, 2.75) is 51.2 Å². The molecule has 2 aromatic rings. The molecule has 0 bridgehead atoms. The Morgan fingerprint density at radius 2 is 2.09 bits per heavy atom. The van der Waals surface area contributed by atoms with Crippen LogP contribution in [0.5, 0.6) is 0 Å². The Bertz CT molecular complexity index is 1020. The topological polar surface area (TPSA) is 66.8 Å². The third kappa shape index (κ3) is 7.31. The molecule has 3 rings (SSSR count). The van der Waals surface area contributed by atoms with E-state index in [0.29, 0.717) is 17.8 Å². The Morgan fingerprint density at radius 3 is 2.85 bits per heavy atom. The summed E-state index contributed by atoms with van der Waals surface area (Å²) in [6, 6.07) is 13.8. The molecule has 1 aromatic heterocycles. The van der Waals surface area contributed by atoms with Gasteiger partial charge in [-0.25, -0.2) is 4.79 Å². The SMILES string of the molecule is COC(=O)c1ccc(C#CCN2C(=O)CC[C@@H]2C=CC(O)C(C)CCCc2ccccc2)s1. The first-order valence-corrected chi connectivity index (χ1v) is 12.2. The number of ether oxygens (including phenoxy) is 1. The average Bonchev–Trinajstić information content (AvgIpc) is 3.44. The molecule has 1 aliphatic rings. The van der Waals surface area contributed by atoms with E-state index in [1.165, 1.54) is 24.0 Å². The number of esters is 1. The molecule has 1 aromatic carbocycles. The van der Waals surface area contributed by atoms with Crippen molar-refractivity contribution in [1.29, 1.82) is 0 Å². The molecule has 2 unspecified atom stereocenters. The van der Waals surface area contributed by atoms with Crippen molar-refractivity contribution in [3.63, 3.8) is 0 Å². The molecule has 1 aliphatic heterocycles. The molecule has 0 aliphatic carbocycles. The maximum atomic E-state index is 12.3. The van der Waals surface area contributed by atoms with Crippen molar-refractivity contribution in [1.82, 2.24) is 4.90 Å². The Hall–Kier alpha value is -2.88. The van der Waals surface area contributed by atoms with E-state index in [1.54, 1.807) is 17.0 Å². The molecular formula is C27H31NO4S. The predicted molar refractivity (Wildman–Crippen MR) is 131 cm³/mol. The summed E-state index contributed by atoms with van der Waals surface area (Å²) in [5.41, 5.74) is 1.32. The second kappa shape index (κ2) is 12.4. The lowest BCUT2D eigenvalue weighted by Gasteiger charge is -2.21. The van der Waals surface area contributed by atoms with Gasteiger partial charge in [-0.05, 0) is 49.3 Å². The van der Waals surface area contributed by atoms with Crippen molar-refractivity contribution < 1.29 is 19.4 Å². The number of likely N-dealkylation sites (tertiary alicyclic amines) is 1. The zero-order chi connectivity index (χ0) is 23.6. The smallest absolute Gasteiger partial charge is 0.348 e. The lowest BCUT2D eigenvalue weighted by atomic mass is 9.95. The van der Waals surface area contributed by atoms with Crippen molar-refractivity contribution in [2.24, 2.45) is 5.92 Å². The number of carbonyl (C=O) groups excluding carboxylic acids is 2. The fraction of sp³-hybridized carbons (Fsp3) is 0.407. The first kappa shape index (κ1) is 24.8. The van der Waals surface area contributed by atoms with Crippen LogP contribution in [0.3, 0.4) is 0 Å². The van der Waals surface area contributed by atoms with Gasteiger partial charge < -0.3 is 14.7 Å². The standard InChI is InChI=1S/C27H31NO4S/c1-20(8-6-11-21-9-4-3-5-10-21)24(29)16-13-22-14-18-26(30)28(22)19-7-12-23-15-17-25(33-23)27(31)32-2/h3-5,9-10,13,15-17,20,22,24,29H,6,8,11,14,18-19H2,1-2H3/t20?,22-,24?/m0/s1. The molecule has 0 radical (unpaired) electrons. The molecule has 3 atom stereocenters. The summed E-state index contributed by atoms with van der Waals surface area (Å²) < 4.78 is 4.71. The summed E-state index contributed by atoms with van der Waals surface area (Å²) >= 11 is 1.27. The fourth-order valence-corrected chi connectivity index (χ4v) is 4.66. The Kier molecular flexibility index (Phi) is 9.29. The number of rotatable bonds is 9. The van der Waals surface area contributed by atoms with Gasteiger partial charge in [-0.15, -0.1) is 11.3 Å². The quantitative estimate of drug-likeness (QED) is 0.337. The Morgan fingerprint density at radius 1 is 1.30 bits per heavy atom. The van der Waals surface area contributed by atoms with E-state index in [4.69, 9.17) is 4.74 Å². The zero-order valence-electron chi connectivity index (χ0n) is 19.2. The third-order valence-corrected chi connectivity index (χ3v) is 6.89. The van der Waals surface area contributed by atoms with Crippen LogP contribution in [-0.4, -0.2) is 47.7 Å². The van der Waals surface area contributed by atoms with Gasteiger partial charge in [0.05, 0.1) is 30.7 Å². The minimum atomic E-state index is -0.535. The highest BCUT2D eigenvalue weighted by molar-refractivity contribution is 7.14. The van der Waals surface area contributed by atoms with Gasteiger partial charge in [0.25, 0.3) is 0 Å². The molecule has 0 spiro atoms. The number of aliphatic hydroxyl groups is 1. The predicted octanol–water partition coefficient (Wildman–Crippen LogP) is 4.45. The van der Waals surface area contributed by atoms with Crippen LogP contribution < -0.4 is 0 Å². The van der Waals surface area contributed by atoms with Crippen molar-refractivity contribution in [2.75, 3.05) is 13.7 Å². The van der Waals surface area contributed by atoms with Gasteiger partial charge in [0.2, 0.25) is 5.91 Å². The largest absolute Gasteiger partial charge is 0.465 e. The van der Waals surface area contributed by atoms with Gasteiger partial charge in [0, 0.05) is 6.42 Å². The van der Waals surface area contributed by atoms with Gasteiger partial charge in [-0.1, -0.05) is 61.2 Å². The normalized spacial score (nSPS) is 17.6. The maximum absolute atomic E-state index is 12.3. The van der Waals surface area contributed by atoms with Gasteiger partial charge in [0.15, 0.2) is 0 Å². The summed E-state index contributed by atoms with van der Waals surface area (Å²) in [5.74, 6) is 5.92. The van der Waals surface area contributed by atoms with Gasteiger partial charge in [-0.2, -0.15) is 0 Å². The average molecular weight is 466 g/mol. The molecule has 0 saturated carbocycles. The number of nitrogens with zero attached hydrogens (tertiary/aromatic N) is 1. The number of carbonyl (C=O) groups is 2. The highest BCUT2D eigenvalue weighted by Gasteiger charge is 2.28. The number of aliphatic hydroxyl groups excluding tert-OH is 1. The first-order chi connectivity index (χ1) is 16.0. The van der Waals surface area contributed by atoms with E-state index in [1.807, 2.05) is 18.2 Å². The number of hydrogen-bond donors (Lipinski definition) is 1. The number of thiophene rings is 1. The molecule has 33 heavy (non-hydrogen) atoms. The lowest BCUT2D eigenvalue weighted by molar-refractivity contribution is -0.127. The Balaban J connectivity index is 1.49. The number of methoxy groups -OCH3 is 1. The van der Waals surface area contributed by atoms with Crippen LogP contribution >= 0.6 is 11.3 Å². The van der Waals surface area contributed by atoms with E-state index in [9.17, 15) is 14.7 Å². The molecule has 1 saturated heterocycles. The van der Waals surface area contributed by atoms with Crippen LogP contribution in [0, 0.1) is 17.8 Å². The number of hydrogen-bond acceptors (Lipinski definition) is 5. The summed E-state index contributed by atoms with van der Waals surface area (Å²) in [5, 5.41) is 10.6. The number of aryl methyl sites for hydroxylation is 1. The van der Waals surface area contributed by atoms with Gasteiger partial charge >= 0.3 is 5.97 Å². The summed E-state index contributed by atoms with van der Waals surface area (Å²) in [4.78, 5) is 26.9. The minimum absolute atomic E-state index is 0.0491. The fourth-order valence-electron chi connectivity index (χ4n) is 3.86. The van der Waals surface area contributed by atoms with Crippen LogP contribution in [0.1, 0.15) is 52.7 Å². The molecule has 1 amide bonds. The number of benzene rings is 1. The first-order valence-electron chi connectivity index (χ1n) is 11.3. The molecule has 5 nitrogen and oxygen atoms in total. The summed E-state index contributed by atoms with van der Waals surface area (Å²) in [6.07, 6.45) is 7.45. The highest BCUT2D eigenvalue weighted by Crippen LogP contribution is 2.21. The Labute approximate surface area is 200 Å².